The fraction of sp³-hybridized carbons (Fsp3) is 0.280. The minimum atomic E-state index is -0.127. The Balaban J connectivity index is 2.10. The molecule has 0 saturated carbocycles. The van der Waals surface area contributed by atoms with Crippen LogP contribution in [0.25, 0.3) is 6.08 Å². The van der Waals surface area contributed by atoms with E-state index in [1.807, 2.05) is 30.3 Å². The highest BCUT2D eigenvalue weighted by atomic mass is 16.5. The number of carbonyl (C=O) groups is 1. The molecule has 0 N–H and O–H groups in total. The van der Waals surface area contributed by atoms with Gasteiger partial charge in [0.05, 0.1) is 25.3 Å². The van der Waals surface area contributed by atoms with Crippen LogP contribution in [0.1, 0.15) is 30.5 Å². The van der Waals surface area contributed by atoms with Crippen LogP contribution in [-0.2, 0) is 11.3 Å². The highest BCUT2D eigenvalue weighted by Gasteiger charge is 2.11. The van der Waals surface area contributed by atoms with Crippen molar-refractivity contribution in [2.24, 2.45) is 5.92 Å². The maximum atomic E-state index is 12.7. The van der Waals surface area contributed by atoms with Gasteiger partial charge in [-0.1, -0.05) is 38.1 Å². The quantitative estimate of drug-likeness (QED) is 0.420. The average Bonchev–Trinajstić information content (AvgIpc) is 2.76. The molecule has 0 atom stereocenters. The molecule has 0 bridgehead atoms. The Labute approximate surface area is 178 Å². The van der Waals surface area contributed by atoms with Crippen molar-refractivity contribution in [3.05, 3.63) is 77.9 Å². The summed E-state index contributed by atoms with van der Waals surface area (Å²) in [6, 6.07) is 14.9. The van der Waals surface area contributed by atoms with E-state index in [1.54, 1.807) is 36.3 Å². The molecule has 0 aliphatic rings. The second kappa shape index (κ2) is 11.5. The van der Waals surface area contributed by atoms with Gasteiger partial charge in [-0.05, 0) is 47.4 Å². The molecule has 2 aromatic carbocycles. The summed E-state index contributed by atoms with van der Waals surface area (Å²) in [5, 5.41) is 8.92. The topological polar surface area (TPSA) is 62.6 Å². The first-order valence-corrected chi connectivity index (χ1v) is 9.84. The molecule has 0 saturated heterocycles. The van der Waals surface area contributed by atoms with Gasteiger partial charge in [0.15, 0.2) is 11.5 Å². The molecule has 5 nitrogen and oxygen atoms in total. The third-order valence-corrected chi connectivity index (χ3v) is 4.30. The van der Waals surface area contributed by atoms with E-state index in [0.29, 0.717) is 42.7 Å². The van der Waals surface area contributed by atoms with Crippen LogP contribution in [0.3, 0.4) is 0 Å². The lowest BCUT2D eigenvalue weighted by Crippen LogP contribution is -2.29. The molecule has 0 heterocycles. The number of ether oxygens (including phenoxy) is 2. The monoisotopic (exact) mass is 404 g/mol. The number of rotatable bonds is 10. The smallest absolute Gasteiger partial charge is 0.247 e. The van der Waals surface area contributed by atoms with Crippen molar-refractivity contribution in [1.82, 2.24) is 4.90 Å². The van der Waals surface area contributed by atoms with Crippen molar-refractivity contribution < 1.29 is 14.3 Å². The first-order valence-electron chi connectivity index (χ1n) is 9.84. The summed E-state index contributed by atoms with van der Waals surface area (Å²) in [6.07, 6.45) is 4.99. The van der Waals surface area contributed by atoms with E-state index in [2.05, 4.69) is 26.5 Å². The zero-order valence-corrected chi connectivity index (χ0v) is 17.8. The van der Waals surface area contributed by atoms with E-state index < -0.39 is 0 Å². The highest BCUT2D eigenvalue weighted by Crippen LogP contribution is 2.29. The van der Waals surface area contributed by atoms with Gasteiger partial charge in [0, 0.05) is 19.2 Å². The first-order chi connectivity index (χ1) is 14.5. The van der Waals surface area contributed by atoms with Crippen LogP contribution < -0.4 is 9.47 Å². The van der Waals surface area contributed by atoms with Crippen LogP contribution in [0.4, 0.5) is 0 Å². The van der Waals surface area contributed by atoms with Crippen molar-refractivity contribution in [1.29, 1.82) is 5.26 Å². The Morgan fingerprint density at radius 1 is 1.20 bits per heavy atom. The van der Waals surface area contributed by atoms with E-state index in [0.717, 1.165) is 11.1 Å². The maximum Gasteiger partial charge on any atom is 0.247 e. The third kappa shape index (κ3) is 6.82. The Morgan fingerprint density at radius 2 is 1.93 bits per heavy atom. The number of carbonyl (C=O) groups excluding carboxylic acids is 1. The van der Waals surface area contributed by atoms with Gasteiger partial charge in [-0.25, -0.2) is 0 Å². The van der Waals surface area contributed by atoms with Gasteiger partial charge in [-0.15, -0.1) is 6.58 Å². The predicted molar refractivity (Wildman–Crippen MR) is 119 cm³/mol. The molecule has 0 radical (unpaired) electrons. The van der Waals surface area contributed by atoms with Crippen molar-refractivity contribution in [2.75, 3.05) is 20.3 Å². The predicted octanol–water partition coefficient (Wildman–Crippen LogP) is 4.83. The molecule has 0 aliphatic carbocycles. The van der Waals surface area contributed by atoms with Crippen LogP contribution >= 0.6 is 0 Å². The Bertz CT molecular complexity index is 924. The fourth-order valence-electron chi connectivity index (χ4n) is 2.73. The van der Waals surface area contributed by atoms with Crippen molar-refractivity contribution in [3.8, 4) is 17.6 Å². The van der Waals surface area contributed by atoms with E-state index in [4.69, 9.17) is 14.7 Å². The molecule has 2 rings (SSSR count). The molecular formula is C25H28N2O3. The van der Waals surface area contributed by atoms with Gasteiger partial charge in [0.25, 0.3) is 0 Å². The zero-order chi connectivity index (χ0) is 21.9. The second-order valence-corrected chi connectivity index (χ2v) is 7.26. The summed E-state index contributed by atoms with van der Waals surface area (Å²) in [4.78, 5) is 14.4. The van der Waals surface area contributed by atoms with Gasteiger partial charge in [0.2, 0.25) is 5.91 Å². The molecule has 0 aliphatic heterocycles. The molecule has 5 heteroatoms. The van der Waals surface area contributed by atoms with E-state index in [-0.39, 0.29) is 5.91 Å². The maximum absolute atomic E-state index is 12.7. The van der Waals surface area contributed by atoms with Crippen LogP contribution in [-0.4, -0.2) is 31.1 Å². The van der Waals surface area contributed by atoms with E-state index >= 15 is 0 Å². The number of methoxy groups -OCH3 is 1. The van der Waals surface area contributed by atoms with Gasteiger partial charge in [0.1, 0.15) is 0 Å². The summed E-state index contributed by atoms with van der Waals surface area (Å²) in [5.74, 6) is 1.60. The summed E-state index contributed by atoms with van der Waals surface area (Å²) >= 11 is 0. The lowest BCUT2D eigenvalue weighted by Gasteiger charge is -2.19. The largest absolute Gasteiger partial charge is 0.493 e. The van der Waals surface area contributed by atoms with E-state index in [1.165, 1.54) is 6.08 Å². The Hall–Kier alpha value is -3.52. The highest BCUT2D eigenvalue weighted by molar-refractivity contribution is 5.92. The van der Waals surface area contributed by atoms with Crippen LogP contribution in [0, 0.1) is 17.2 Å². The summed E-state index contributed by atoms with van der Waals surface area (Å²) in [5.41, 5.74) is 2.38. The van der Waals surface area contributed by atoms with Crippen molar-refractivity contribution in [2.45, 2.75) is 20.4 Å². The van der Waals surface area contributed by atoms with Crippen LogP contribution in [0.5, 0.6) is 11.5 Å². The minimum absolute atomic E-state index is 0.127. The van der Waals surface area contributed by atoms with Gasteiger partial charge in [-0.3, -0.25) is 4.79 Å². The standard InChI is InChI=1S/C25H28N2O3/c1-5-14-27(17-22-8-6-21(16-26)7-9-22)25(28)13-11-20-10-12-23(24(15-20)29-4)30-18-19(2)3/h5-13,15,19H,1,14,17-18H2,2-4H3/b13-11+. The molecule has 156 valence electrons. The van der Waals surface area contributed by atoms with Gasteiger partial charge < -0.3 is 14.4 Å². The number of benzene rings is 2. The number of amides is 1. The van der Waals surface area contributed by atoms with Crippen LogP contribution in [0.2, 0.25) is 0 Å². The molecule has 0 spiro atoms. The molecule has 0 aromatic heterocycles. The molecule has 2 aromatic rings. The summed E-state index contributed by atoms with van der Waals surface area (Å²) < 4.78 is 11.2. The normalized spacial score (nSPS) is 10.6. The van der Waals surface area contributed by atoms with Crippen molar-refractivity contribution >= 4 is 12.0 Å². The second-order valence-electron chi connectivity index (χ2n) is 7.26. The zero-order valence-electron chi connectivity index (χ0n) is 17.8. The third-order valence-electron chi connectivity index (χ3n) is 4.30. The van der Waals surface area contributed by atoms with Gasteiger partial charge >= 0.3 is 0 Å². The lowest BCUT2D eigenvalue weighted by atomic mass is 10.1. The fourth-order valence-corrected chi connectivity index (χ4v) is 2.73. The number of hydrogen-bond donors (Lipinski definition) is 0. The summed E-state index contributed by atoms with van der Waals surface area (Å²) in [6.45, 7) is 9.38. The molecule has 1 amide bonds. The number of nitriles is 1. The molecule has 30 heavy (non-hydrogen) atoms. The first kappa shape index (κ1) is 22.8. The SMILES string of the molecule is C=CCN(Cc1ccc(C#N)cc1)C(=O)/C=C/c1ccc(OCC(C)C)c(OC)c1. The lowest BCUT2D eigenvalue weighted by molar-refractivity contribution is -0.126. The van der Waals surface area contributed by atoms with Gasteiger partial charge in [-0.2, -0.15) is 5.26 Å². The summed E-state index contributed by atoms with van der Waals surface area (Å²) in [7, 11) is 1.60. The Morgan fingerprint density at radius 3 is 2.53 bits per heavy atom. The van der Waals surface area contributed by atoms with E-state index in [9.17, 15) is 4.79 Å². The molecule has 0 unspecified atom stereocenters. The molecule has 0 fully saturated rings. The molecular weight excluding hydrogens is 376 g/mol. The Kier molecular flexibility index (Phi) is 8.71. The number of nitrogens with zero attached hydrogens (tertiary/aromatic N) is 2. The van der Waals surface area contributed by atoms with Crippen LogP contribution in [0.15, 0.2) is 61.2 Å². The average molecular weight is 405 g/mol. The van der Waals surface area contributed by atoms with Crippen molar-refractivity contribution in [3.63, 3.8) is 0 Å². The number of hydrogen-bond acceptors (Lipinski definition) is 4. The minimum Gasteiger partial charge on any atom is -0.493 e.